The molecule has 2 atom stereocenters. The van der Waals surface area contributed by atoms with Gasteiger partial charge in [0, 0.05) is 36.9 Å². The van der Waals surface area contributed by atoms with Crippen LogP contribution < -0.4 is 0 Å². The lowest BCUT2D eigenvalue weighted by Gasteiger charge is -2.16. The van der Waals surface area contributed by atoms with E-state index in [-0.39, 0.29) is 24.2 Å². The summed E-state index contributed by atoms with van der Waals surface area (Å²) in [4.78, 5) is 26.2. The van der Waals surface area contributed by atoms with Gasteiger partial charge in [-0.25, -0.2) is 4.79 Å². The molecule has 0 aliphatic carbocycles. The van der Waals surface area contributed by atoms with Crippen LogP contribution in [-0.4, -0.2) is 52.0 Å². The highest BCUT2D eigenvalue weighted by atomic mass is 32.2. The van der Waals surface area contributed by atoms with Gasteiger partial charge < -0.3 is 9.64 Å². The fraction of sp³-hybridized carbons (Fsp3) is 0.500. The van der Waals surface area contributed by atoms with Crippen molar-refractivity contribution in [3.05, 3.63) is 35.9 Å². The first-order valence-electron chi connectivity index (χ1n) is 8.08. The molecule has 0 N–H and O–H groups in total. The van der Waals surface area contributed by atoms with Crippen LogP contribution in [0.15, 0.2) is 30.3 Å². The third-order valence-corrected chi connectivity index (χ3v) is 4.99. The average molecular weight is 351 g/mol. The molecule has 1 aromatic rings. The number of ether oxygens (including phenoxy) is 1. The van der Waals surface area contributed by atoms with Crippen molar-refractivity contribution in [1.82, 2.24) is 4.90 Å². The summed E-state index contributed by atoms with van der Waals surface area (Å²) in [5.74, 6) is -0.338. The Balaban J connectivity index is 1.99. The maximum absolute atomic E-state index is 12.4. The quantitative estimate of drug-likeness (QED) is 0.763. The normalized spacial score (nSPS) is 20.7. The van der Waals surface area contributed by atoms with Crippen molar-refractivity contribution in [1.29, 1.82) is 0 Å². The summed E-state index contributed by atoms with van der Waals surface area (Å²) < 4.78 is 17.2. The Morgan fingerprint density at radius 2 is 1.92 bits per heavy atom. The number of ketones is 1. The summed E-state index contributed by atoms with van der Waals surface area (Å²) in [5.41, 5.74) is 0.926. The van der Waals surface area contributed by atoms with Crippen molar-refractivity contribution in [2.75, 3.05) is 25.6 Å². The predicted octanol–water partition coefficient (Wildman–Crippen LogP) is 2.20. The van der Waals surface area contributed by atoms with Crippen LogP contribution in [0.1, 0.15) is 18.9 Å². The minimum Gasteiger partial charge on any atom is -0.445 e. The van der Waals surface area contributed by atoms with E-state index in [0.717, 1.165) is 12.0 Å². The van der Waals surface area contributed by atoms with Gasteiger partial charge in [-0.2, -0.15) is 0 Å². The minimum atomic E-state index is -2.24. The van der Waals surface area contributed by atoms with E-state index in [1.54, 1.807) is 17.4 Å². The molecule has 132 valence electrons. The van der Waals surface area contributed by atoms with Crippen LogP contribution in [0.2, 0.25) is 0 Å². The summed E-state index contributed by atoms with van der Waals surface area (Å²) in [7, 11) is -2.24. The van der Waals surface area contributed by atoms with E-state index in [0.29, 0.717) is 13.1 Å². The number of nitrogens with zero attached hydrogens (tertiary/aromatic N) is 1. The third-order valence-electron chi connectivity index (χ3n) is 4.19. The third kappa shape index (κ3) is 5.09. The van der Waals surface area contributed by atoms with Gasteiger partial charge in [0.15, 0.2) is 5.78 Å². The van der Waals surface area contributed by atoms with E-state index >= 15 is 0 Å². The zero-order valence-electron chi connectivity index (χ0n) is 14.4. The number of likely N-dealkylation sites (tertiary alicyclic amines) is 1. The summed E-state index contributed by atoms with van der Waals surface area (Å²) in [6.45, 7) is 3.05. The fourth-order valence-corrected chi connectivity index (χ4v) is 3.67. The van der Waals surface area contributed by atoms with Crippen molar-refractivity contribution in [2.24, 2.45) is 11.8 Å². The second kappa shape index (κ2) is 7.83. The molecular formula is C18H25NO4S. The SMILES string of the molecule is CCC1CN(C(=O)OCc2ccccc2)CC1C(=O)C=S(C)(C)=O. The van der Waals surface area contributed by atoms with Crippen LogP contribution >= 0.6 is 0 Å². The number of carbonyl (C=O) groups excluding carboxylic acids is 2. The highest BCUT2D eigenvalue weighted by Crippen LogP contribution is 2.27. The maximum atomic E-state index is 12.4. The summed E-state index contributed by atoms with van der Waals surface area (Å²) in [5, 5.41) is 1.32. The van der Waals surface area contributed by atoms with Gasteiger partial charge >= 0.3 is 6.09 Å². The van der Waals surface area contributed by atoms with Gasteiger partial charge in [0.2, 0.25) is 0 Å². The van der Waals surface area contributed by atoms with Gasteiger partial charge in [0.1, 0.15) is 6.61 Å². The second-order valence-corrected chi connectivity index (χ2v) is 9.40. The van der Waals surface area contributed by atoms with Gasteiger partial charge in [-0.05, 0) is 21.0 Å². The minimum absolute atomic E-state index is 0.0831. The Labute approximate surface area is 144 Å². The van der Waals surface area contributed by atoms with Gasteiger partial charge in [-0.15, -0.1) is 0 Å². The molecule has 1 heterocycles. The second-order valence-electron chi connectivity index (χ2n) is 6.55. The molecule has 1 amide bonds. The van der Waals surface area contributed by atoms with Crippen LogP contribution in [0.4, 0.5) is 4.79 Å². The molecule has 6 heteroatoms. The Morgan fingerprint density at radius 3 is 2.50 bits per heavy atom. The number of hydrogen-bond donors (Lipinski definition) is 0. The van der Waals surface area contributed by atoms with Crippen LogP contribution in [0.3, 0.4) is 0 Å². The first kappa shape index (κ1) is 18.5. The molecule has 0 spiro atoms. The first-order valence-corrected chi connectivity index (χ1v) is 10.5. The topological polar surface area (TPSA) is 63.7 Å². The largest absolute Gasteiger partial charge is 0.445 e. The molecule has 0 bridgehead atoms. The molecule has 0 saturated carbocycles. The van der Waals surface area contributed by atoms with Crippen molar-refractivity contribution in [3.63, 3.8) is 0 Å². The van der Waals surface area contributed by atoms with Crippen molar-refractivity contribution in [3.8, 4) is 0 Å². The number of benzene rings is 1. The van der Waals surface area contributed by atoms with E-state index < -0.39 is 15.6 Å². The Kier molecular flexibility index (Phi) is 6.04. The smallest absolute Gasteiger partial charge is 0.410 e. The molecule has 1 fully saturated rings. The molecular weight excluding hydrogens is 326 g/mol. The molecule has 24 heavy (non-hydrogen) atoms. The monoisotopic (exact) mass is 351 g/mol. The molecule has 0 radical (unpaired) electrons. The number of rotatable bonds is 5. The van der Waals surface area contributed by atoms with E-state index in [9.17, 15) is 13.8 Å². The van der Waals surface area contributed by atoms with E-state index in [4.69, 9.17) is 4.74 Å². The van der Waals surface area contributed by atoms with Gasteiger partial charge in [0.05, 0.1) is 0 Å². The zero-order chi connectivity index (χ0) is 17.7. The number of Topliss-reactive ketones (excluding diaryl/α,β-unsaturated/α-hetero) is 1. The van der Waals surface area contributed by atoms with Crippen LogP contribution in [-0.2, 0) is 25.7 Å². The van der Waals surface area contributed by atoms with Crippen molar-refractivity contribution >= 4 is 26.8 Å². The van der Waals surface area contributed by atoms with Crippen LogP contribution in [0, 0.1) is 11.8 Å². The first-order chi connectivity index (χ1) is 11.3. The lowest BCUT2D eigenvalue weighted by atomic mass is 9.91. The molecule has 2 unspecified atom stereocenters. The summed E-state index contributed by atoms with van der Waals surface area (Å²) in [6, 6.07) is 9.48. The van der Waals surface area contributed by atoms with E-state index in [1.807, 2.05) is 37.3 Å². The molecule has 5 nitrogen and oxygen atoms in total. The average Bonchev–Trinajstić information content (AvgIpc) is 2.96. The molecule has 1 saturated heterocycles. The summed E-state index contributed by atoms with van der Waals surface area (Å²) >= 11 is 0. The molecule has 2 rings (SSSR count). The van der Waals surface area contributed by atoms with Crippen LogP contribution in [0.25, 0.3) is 0 Å². The van der Waals surface area contributed by atoms with Gasteiger partial charge in [-0.1, -0.05) is 43.7 Å². The van der Waals surface area contributed by atoms with E-state index in [2.05, 4.69) is 0 Å². The number of hydrogen-bond acceptors (Lipinski definition) is 4. The molecule has 0 aromatic heterocycles. The lowest BCUT2D eigenvalue weighted by Crippen LogP contribution is -2.31. The fourth-order valence-electron chi connectivity index (χ4n) is 2.93. The standard InChI is InChI=1S/C18H25NO4S/c1-4-15-10-19(11-16(15)17(20)13-24(2,3)22)18(21)23-12-14-8-6-5-7-9-14/h5-9,13,15-16H,4,10-12H2,1-3H3. The molecule has 1 aliphatic heterocycles. The van der Waals surface area contributed by atoms with Gasteiger partial charge in [-0.3, -0.25) is 9.00 Å². The van der Waals surface area contributed by atoms with Crippen molar-refractivity contribution in [2.45, 2.75) is 20.0 Å². The molecule has 1 aliphatic rings. The highest BCUT2D eigenvalue weighted by Gasteiger charge is 2.38. The number of carbonyl (C=O) groups is 2. The zero-order valence-corrected chi connectivity index (χ0v) is 15.3. The Morgan fingerprint density at radius 1 is 1.25 bits per heavy atom. The highest BCUT2D eigenvalue weighted by molar-refractivity contribution is 8.01. The summed E-state index contributed by atoms with van der Waals surface area (Å²) in [6.07, 6.45) is 3.49. The Hall–Kier alpha value is -1.82. The van der Waals surface area contributed by atoms with Crippen LogP contribution in [0.5, 0.6) is 0 Å². The maximum Gasteiger partial charge on any atom is 0.410 e. The van der Waals surface area contributed by atoms with Crippen molar-refractivity contribution < 1.29 is 18.5 Å². The Bertz CT molecular complexity index is 699. The van der Waals surface area contributed by atoms with Gasteiger partial charge in [0.25, 0.3) is 0 Å². The molecule has 1 aromatic carbocycles. The van der Waals surface area contributed by atoms with E-state index in [1.165, 1.54) is 5.37 Å². The lowest BCUT2D eigenvalue weighted by molar-refractivity contribution is -0.116. The number of amides is 1. The predicted molar refractivity (Wildman–Crippen MR) is 96.5 cm³/mol.